The molecule has 2 amide bonds. The van der Waals surface area contributed by atoms with Gasteiger partial charge in [-0.1, -0.05) is 36.4 Å². The van der Waals surface area contributed by atoms with Gasteiger partial charge in [0.1, 0.15) is 5.58 Å². The second kappa shape index (κ2) is 5.42. The minimum atomic E-state index is -1.55. The van der Waals surface area contributed by atoms with E-state index in [0.29, 0.717) is 22.2 Å². The van der Waals surface area contributed by atoms with Crippen molar-refractivity contribution in [1.29, 1.82) is 0 Å². The molecule has 2 aromatic carbocycles. The van der Waals surface area contributed by atoms with Gasteiger partial charge < -0.3 is 14.2 Å². The van der Waals surface area contributed by atoms with Crippen molar-refractivity contribution in [2.45, 2.75) is 5.54 Å². The molecule has 0 unspecified atom stereocenters. The molecule has 1 atom stereocenters. The molecule has 6 heteroatoms. The number of likely N-dealkylation sites (N-methyl/N-ethyl adjacent to an activating group) is 1. The molecule has 0 N–H and O–H groups in total. The van der Waals surface area contributed by atoms with Gasteiger partial charge in [0.25, 0.3) is 11.8 Å². The Balaban J connectivity index is 1.98. The number of carbonyl (C=O) groups excluding carboxylic acids is 2. The molecule has 28 heavy (non-hydrogen) atoms. The van der Waals surface area contributed by atoms with E-state index < -0.39 is 11.4 Å². The Kier molecular flexibility index (Phi) is 3.19. The second-order valence-corrected chi connectivity index (χ2v) is 6.93. The highest BCUT2D eigenvalue weighted by atomic mass is 16.3. The third-order valence-corrected chi connectivity index (χ3v) is 5.58. The van der Waals surface area contributed by atoms with Crippen LogP contribution in [-0.2, 0) is 10.3 Å². The highest BCUT2D eigenvalue weighted by molar-refractivity contribution is 6.16. The maximum absolute atomic E-state index is 13.6. The van der Waals surface area contributed by atoms with Gasteiger partial charge in [0.2, 0.25) is 5.76 Å². The van der Waals surface area contributed by atoms with Crippen molar-refractivity contribution in [3.05, 3.63) is 88.3 Å². The molecule has 0 radical (unpaired) electrons. The number of nitrogens with zero attached hydrogens (tertiary/aromatic N) is 2. The number of hydrogen-bond acceptors (Lipinski definition) is 4. The van der Waals surface area contributed by atoms with Crippen LogP contribution in [0.2, 0.25) is 0 Å². The van der Waals surface area contributed by atoms with Gasteiger partial charge in [-0.15, -0.1) is 6.58 Å². The largest absolute Gasteiger partial charge is 0.450 e. The molecule has 138 valence electrons. The maximum Gasteiger partial charge on any atom is 0.291 e. The Morgan fingerprint density at radius 1 is 1.07 bits per heavy atom. The van der Waals surface area contributed by atoms with Gasteiger partial charge in [-0.05, 0) is 18.2 Å². The van der Waals surface area contributed by atoms with E-state index in [2.05, 4.69) is 6.58 Å². The van der Waals surface area contributed by atoms with Crippen molar-refractivity contribution < 1.29 is 14.0 Å². The van der Waals surface area contributed by atoms with Crippen molar-refractivity contribution in [2.24, 2.45) is 0 Å². The molecular formula is C22H16N2O4. The average molecular weight is 372 g/mol. The standard InChI is InChI=1S/C22H16N2O4/c1-3-12-24-20(26)19-17(18(25)13-8-4-7-11-16(13)28-19)22(24)14-9-5-6-10-15(14)23(2)21(22)27/h3-11H,1,12H2,2H3/t22-/m1/s1. The van der Waals surface area contributed by atoms with Crippen molar-refractivity contribution in [3.8, 4) is 0 Å². The van der Waals surface area contributed by atoms with Gasteiger partial charge in [-0.3, -0.25) is 14.4 Å². The Labute approximate surface area is 160 Å². The summed E-state index contributed by atoms with van der Waals surface area (Å²) in [6.07, 6.45) is 1.55. The molecule has 1 spiro atoms. The third-order valence-electron chi connectivity index (χ3n) is 5.58. The monoisotopic (exact) mass is 372 g/mol. The second-order valence-electron chi connectivity index (χ2n) is 6.93. The van der Waals surface area contributed by atoms with Gasteiger partial charge in [-0.25, -0.2) is 0 Å². The highest BCUT2D eigenvalue weighted by Crippen LogP contribution is 2.51. The smallest absolute Gasteiger partial charge is 0.291 e. The minimum absolute atomic E-state index is 0.0796. The van der Waals surface area contributed by atoms with E-state index in [-0.39, 0.29) is 29.2 Å². The zero-order valence-corrected chi connectivity index (χ0v) is 15.1. The normalized spacial score (nSPS) is 20.2. The fourth-order valence-electron chi connectivity index (χ4n) is 4.42. The van der Waals surface area contributed by atoms with Crippen LogP contribution in [0.4, 0.5) is 5.69 Å². The Morgan fingerprint density at radius 3 is 2.57 bits per heavy atom. The molecule has 2 aliphatic rings. The predicted octanol–water partition coefficient (Wildman–Crippen LogP) is 2.65. The summed E-state index contributed by atoms with van der Waals surface area (Å²) < 4.78 is 5.86. The Bertz CT molecular complexity index is 1260. The van der Waals surface area contributed by atoms with Crippen LogP contribution in [0.5, 0.6) is 0 Å². The zero-order chi connectivity index (χ0) is 19.6. The molecule has 3 aromatic rings. The molecule has 3 heterocycles. The quantitative estimate of drug-likeness (QED) is 0.649. The molecule has 0 fully saturated rings. The summed E-state index contributed by atoms with van der Waals surface area (Å²) >= 11 is 0. The maximum atomic E-state index is 13.6. The van der Waals surface area contributed by atoms with E-state index in [4.69, 9.17) is 4.42 Å². The van der Waals surface area contributed by atoms with E-state index in [9.17, 15) is 14.4 Å². The summed E-state index contributed by atoms with van der Waals surface area (Å²) in [5.74, 6) is -0.926. The molecule has 2 aliphatic heterocycles. The SMILES string of the molecule is C=CCN1C(=O)c2oc3ccccc3c(=O)c2[C@]12C(=O)N(C)c1ccccc12. The van der Waals surface area contributed by atoms with Gasteiger partial charge in [0, 0.05) is 24.8 Å². The molecular weight excluding hydrogens is 356 g/mol. The van der Waals surface area contributed by atoms with Gasteiger partial charge in [-0.2, -0.15) is 0 Å². The summed E-state index contributed by atoms with van der Waals surface area (Å²) in [5.41, 5.74) is -0.248. The number of fused-ring (bicyclic) bond motifs is 5. The number of para-hydroxylation sites is 2. The van der Waals surface area contributed by atoms with Crippen LogP contribution in [-0.4, -0.2) is 30.3 Å². The molecule has 0 bridgehead atoms. The van der Waals surface area contributed by atoms with Crippen molar-refractivity contribution in [1.82, 2.24) is 4.90 Å². The van der Waals surface area contributed by atoms with Crippen LogP contribution >= 0.6 is 0 Å². The topological polar surface area (TPSA) is 70.8 Å². The first-order chi connectivity index (χ1) is 13.5. The van der Waals surface area contributed by atoms with Crippen LogP contribution in [0, 0.1) is 0 Å². The summed E-state index contributed by atoms with van der Waals surface area (Å²) in [6.45, 7) is 3.83. The zero-order valence-electron chi connectivity index (χ0n) is 15.1. The van der Waals surface area contributed by atoms with Crippen LogP contribution in [0.1, 0.15) is 21.7 Å². The molecule has 0 saturated heterocycles. The van der Waals surface area contributed by atoms with E-state index in [1.165, 1.54) is 9.80 Å². The van der Waals surface area contributed by atoms with Crippen molar-refractivity contribution in [3.63, 3.8) is 0 Å². The lowest BCUT2D eigenvalue weighted by Crippen LogP contribution is -2.52. The predicted molar refractivity (Wildman–Crippen MR) is 104 cm³/mol. The van der Waals surface area contributed by atoms with E-state index in [1.54, 1.807) is 55.6 Å². The first kappa shape index (κ1) is 16.5. The number of carbonyl (C=O) groups is 2. The molecule has 0 saturated carbocycles. The third kappa shape index (κ3) is 1.70. The average Bonchev–Trinajstić information content (AvgIpc) is 3.09. The van der Waals surface area contributed by atoms with Gasteiger partial charge in [0.15, 0.2) is 11.0 Å². The van der Waals surface area contributed by atoms with Crippen LogP contribution < -0.4 is 10.3 Å². The molecule has 5 rings (SSSR count). The van der Waals surface area contributed by atoms with E-state index in [0.717, 1.165) is 0 Å². The molecule has 1 aromatic heterocycles. The number of hydrogen-bond donors (Lipinski definition) is 0. The Morgan fingerprint density at radius 2 is 1.79 bits per heavy atom. The van der Waals surface area contributed by atoms with Crippen LogP contribution in [0.3, 0.4) is 0 Å². The number of anilines is 1. The summed E-state index contributed by atoms with van der Waals surface area (Å²) in [5, 5.41) is 0.341. The van der Waals surface area contributed by atoms with Gasteiger partial charge >= 0.3 is 0 Å². The molecule has 0 aliphatic carbocycles. The molecule has 6 nitrogen and oxygen atoms in total. The van der Waals surface area contributed by atoms with E-state index >= 15 is 0 Å². The summed E-state index contributed by atoms with van der Waals surface area (Å²) in [4.78, 5) is 43.2. The van der Waals surface area contributed by atoms with Crippen LogP contribution in [0.25, 0.3) is 11.0 Å². The fourth-order valence-corrected chi connectivity index (χ4v) is 4.42. The number of rotatable bonds is 2. The lowest BCUT2D eigenvalue weighted by Gasteiger charge is -2.33. The lowest BCUT2D eigenvalue weighted by atomic mass is 9.84. The minimum Gasteiger partial charge on any atom is -0.450 e. The van der Waals surface area contributed by atoms with Gasteiger partial charge in [0.05, 0.1) is 10.9 Å². The van der Waals surface area contributed by atoms with Crippen molar-refractivity contribution >= 4 is 28.5 Å². The first-order valence-electron chi connectivity index (χ1n) is 8.90. The van der Waals surface area contributed by atoms with E-state index in [1.807, 2.05) is 6.07 Å². The first-order valence-corrected chi connectivity index (χ1v) is 8.90. The summed E-state index contributed by atoms with van der Waals surface area (Å²) in [6, 6.07) is 14.0. The van der Waals surface area contributed by atoms with Crippen molar-refractivity contribution in [2.75, 3.05) is 18.5 Å². The Hall–Kier alpha value is -3.67. The number of amides is 2. The van der Waals surface area contributed by atoms with Crippen LogP contribution in [0.15, 0.2) is 70.4 Å². The lowest BCUT2D eigenvalue weighted by molar-refractivity contribution is -0.125. The summed E-state index contributed by atoms with van der Waals surface area (Å²) in [7, 11) is 1.65. The fraction of sp³-hybridized carbons (Fsp3) is 0.136. The number of benzene rings is 2. The highest BCUT2D eigenvalue weighted by Gasteiger charge is 2.64.